The molecular formula is C26H19Cl2N3O3S. The van der Waals surface area contributed by atoms with Gasteiger partial charge in [0, 0.05) is 34.8 Å². The third-order valence-electron chi connectivity index (χ3n) is 5.63. The summed E-state index contributed by atoms with van der Waals surface area (Å²) in [6.07, 6.45) is 0. The van der Waals surface area contributed by atoms with Crippen molar-refractivity contribution in [3.05, 3.63) is 92.5 Å². The number of nitriles is 1. The van der Waals surface area contributed by atoms with Crippen molar-refractivity contribution in [1.82, 2.24) is 4.90 Å². The molecule has 0 aliphatic carbocycles. The van der Waals surface area contributed by atoms with Crippen LogP contribution in [0, 0.1) is 11.3 Å². The van der Waals surface area contributed by atoms with Crippen LogP contribution < -0.4 is 4.90 Å². The normalized spacial score (nSPS) is 17.2. The fourth-order valence-electron chi connectivity index (χ4n) is 3.92. The lowest BCUT2D eigenvalue weighted by Gasteiger charge is -2.28. The summed E-state index contributed by atoms with van der Waals surface area (Å²) >= 11 is 13.9. The van der Waals surface area contributed by atoms with Crippen LogP contribution in [0.4, 0.5) is 5.69 Å². The molecule has 0 radical (unpaired) electrons. The number of nitrogens with zero attached hydrogens (tertiary/aromatic N) is 3. The highest BCUT2D eigenvalue weighted by molar-refractivity contribution is 8.06. The van der Waals surface area contributed by atoms with Gasteiger partial charge in [0.25, 0.3) is 5.91 Å². The Morgan fingerprint density at radius 3 is 2.49 bits per heavy atom. The standard InChI is InChI=1S/C26H19Cl2N3O3S/c27-17-6-7-21(28)19(14-17)23-8-9-24(34-23)22-16-35-26(31(22)18-4-2-1-3-5-18)20(15-29)25(32)30-10-12-33-13-11-30/h1-9,14,16H,10-13H2/b26-20-. The van der Waals surface area contributed by atoms with Crippen LogP contribution in [0.3, 0.4) is 0 Å². The number of furan rings is 1. The molecule has 176 valence electrons. The Bertz CT molecular complexity index is 1370. The van der Waals surface area contributed by atoms with Crippen molar-refractivity contribution in [2.24, 2.45) is 0 Å². The lowest BCUT2D eigenvalue weighted by Crippen LogP contribution is -2.41. The molecule has 3 aromatic rings. The van der Waals surface area contributed by atoms with Gasteiger partial charge in [-0.05, 0) is 42.5 Å². The molecule has 0 spiro atoms. The van der Waals surface area contributed by atoms with E-state index in [2.05, 4.69) is 6.07 Å². The summed E-state index contributed by atoms with van der Waals surface area (Å²) in [5.74, 6) is 0.826. The molecule has 1 aromatic heterocycles. The molecule has 2 aliphatic heterocycles. The van der Waals surface area contributed by atoms with E-state index in [-0.39, 0.29) is 11.5 Å². The molecule has 0 bridgehead atoms. The van der Waals surface area contributed by atoms with Crippen LogP contribution in [0.25, 0.3) is 17.0 Å². The summed E-state index contributed by atoms with van der Waals surface area (Å²) in [6, 6.07) is 20.6. The largest absolute Gasteiger partial charge is 0.454 e. The summed E-state index contributed by atoms with van der Waals surface area (Å²) in [5.41, 5.74) is 2.28. The van der Waals surface area contributed by atoms with E-state index < -0.39 is 0 Å². The van der Waals surface area contributed by atoms with Crippen LogP contribution >= 0.6 is 35.0 Å². The van der Waals surface area contributed by atoms with E-state index in [1.807, 2.05) is 52.8 Å². The number of anilines is 1. The molecular weight excluding hydrogens is 505 g/mol. The monoisotopic (exact) mass is 523 g/mol. The Labute approximate surface area is 217 Å². The molecule has 0 unspecified atom stereocenters. The quantitative estimate of drug-likeness (QED) is 0.291. The van der Waals surface area contributed by atoms with Crippen LogP contribution in [0.1, 0.15) is 5.76 Å². The van der Waals surface area contributed by atoms with Gasteiger partial charge >= 0.3 is 0 Å². The fraction of sp³-hybridized carbons (Fsp3) is 0.154. The van der Waals surface area contributed by atoms with Gasteiger partial charge in [-0.3, -0.25) is 9.69 Å². The first-order valence-corrected chi connectivity index (χ1v) is 12.5. The number of morpholine rings is 1. The van der Waals surface area contributed by atoms with Gasteiger partial charge in [-0.1, -0.05) is 53.2 Å². The van der Waals surface area contributed by atoms with Crippen LogP contribution in [0.2, 0.25) is 10.0 Å². The zero-order chi connectivity index (χ0) is 24.4. The maximum atomic E-state index is 13.3. The van der Waals surface area contributed by atoms with Gasteiger partial charge in [0.05, 0.1) is 23.9 Å². The van der Waals surface area contributed by atoms with E-state index in [0.717, 1.165) is 5.69 Å². The molecule has 5 rings (SSSR count). The Balaban J connectivity index is 1.56. The molecule has 0 saturated carbocycles. The first-order chi connectivity index (χ1) is 17.1. The lowest BCUT2D eigenvalue weighted by molar-refractivity contribution is -0.130. The molecule has 0 atom stereocenters. The highest BCUT2D eigenvalue weighted by Gasteiger charge is 2.33. The second-order valence-corrected chi connectivity index (χ2v) is 9.48. The maximum absolute atomic E-state index is 13.3. The van der Waals surface area contributed by atoms with Crippen molar-refractivity contribution >= 4 is 52.3 Å². The van der Waals surface area contributed by atoms with Gasteiger partial charge in [-0.15, -0.1) is 0 Å². The van der Waals surface area contributed by atoms with Crippen molar-refractivity contribution in [3.8, 4) is 17.4 Å². The number of rotatable bonds is 4. The topological polar surface area (TPSA) is 69.7 Å². The number of halogens is 2. The SMILES string of the molecule is N#C/C(C(=O)N1CCOCC1)=C1/SC=C(c2ccc(-c3cc(Cl)ccc3Cl)o2)N1c1ccccc1. The molecule has 1 saturated heterocycles. The van der Waals surface area contributed by atoms with E-state index in [9.17, 15) is 10.1 Å². The lowest BCUT2D eigenvalue weighted by atomic mass is 10.2. The van der Waals surface area contributed by atoms with Gasteiger partial charge in [0.2, 0.25) is 0 Å². The van der Waals surface area contributed by atoms with Crippen LogP contribution in [-0.4, -0.2) is 37.1 Å². The minimum Gasteiger partial charge on any atom is -0.454 e. The highest BCUT2D eigenvalue weighted by atomic mass is 35.5. The molecule has 1 fully saturated rings. The number of thioether (sulfide) groups is 1. The van der Waals surface area contributed by atoms with Crippen molar-refractivity contribution in [2.45, 2.75) is 0 Å². The zero-order valence-corrected chi connectivity index (χ0v) is 20.7. The summed E-state index contributed by atoms with van der Waals surface area (Å²) in [6.45, 7) is 1.82. The van der Waals surface area contributed by atoms with E-state index in [1.165, 1.54) is 11.8 Å². The van der Waals surface area contributed by atoms with Gasteiger partial charge in [-0.2, -0.15) is 5.26 Å². The number of amides is 1. The predicted molar refractivity (Wildman–Crippen MR) is 139 cm³/mol. The first-order valence-electron chi connectivity index (χ1n) is 10.9. The highest BCUT2D eigenvalue weighted by Crippen LogP contribution is 2.46. The summed E-state index contributed by atoms with van der Waals surface area (Å²) < 4.78 is 11.6. The van der Waals surface area contributed by atoms with Gasteiger partial charge in [0.15, 0.2) is 5.76 Å². The zero-order valence-electron chi connectivity index (χ0n) is 18.4. The average molecular weight is 524 g/mol. The second kappa shape index (κ2) is 10.2. The Kier molecular flexibility index (Phi) is 6.89. The number of benzene rings is 2. The molecule has 1 amide bonds. The van der Waals surface area contributed by atoms with Gasteiger partial charge in [-0.25, -0.2) is 0 Å². The van der Waals surface area contributed by atoms with Crippen molar-refractivity contribution in [1.29, 1.82) is 5.26 Å². The number of hydrogen-bond acceptors (Lipinski definition) is 6. The van der Waals surface area contributed by atoms with Crippen LogP contribution in [0.5, 0.6) is 0 Å². The number of ether oxygens (including phenoxy) is 1. The van der Waals surface area contributed by atoms with E-state index in [0.29, 0.717) is 64.2 Å². The third kappa shape index (κ3) is 4.71. The van der Waals surface area contributed by atoms with Crippen LogP contribution in [0.15, 0.2) is 81.1 Å². The Morgan fingerprint density at radius 1 is 1.00 bits per heavy atom. The Hall–Kier alpha value is -3.15. The van der Waals surface area contributed by atoms with Crippen molar-refractivity contribution in [3.63, 3.8) is 0 Å². The maximum Gasteiger partial charge on any atom is 0.267 e. The smallest absolute Gasteiger partial charge is 0.267 e. The molecule has 9 heteroatoms. The van der Waals surface area contributed by atoms with Gasteiger partial charge < -0.3 is 14.1 Å². The fourth-order valence-corrected chi connectivity index (χ4v) is 5.30. The molecule has 6 nitrogen and oxygen atoms in total. The second-order valence-electron chi connectivity index (χ2n) is 7.78. The number of para-hydroxylation sites is 1. The molecule has 35 heavy (non-hydrogen) atoms. The Morgan fingerprint density at radius 2 is 1.74 bits per heavy atom. The van der Waals surface area contributed by atoms with Crippen molar-refractivity contribution < 1.29 is 13.9 Å². The van der Waals surface area contributed by atoms with Crippen LogP contribution in [-0.2, 0) is 9.53 Å². The van der Waals surface area contributed by atoms with Crippen molar-refractivity contribution in [2.75, 3.05) is 31.2 Å². The predicted octanol–water partition coefficient (Wildman–Crippen LogP) is 6.40. The molecule has 0 N–H and O–H groups in total. The van der Waals surface area contributed by atoms with E-state index in [1.54, 1.807) is 23.1 Å². The number of hydrogen-bond donors (Lipinski definition) is 0. The minimum absolute atomic E-state index is 0.0802. The summed E-state index contributed by atoms with van der Waals surface area (Å²) in [7, 11) is 0. The average Bonchev–Trinajstić information content (AvgIpc) is 3.55. The molecule has 3 heterocycles. The minimum atomic E-state index is -0.306. The van der Waals surface area contributed by atoms with E-state index >= 15 is 0 Å². The number of carbonyl (C=O) groups excluding carboxylic acids is 1. The molecule has 2 aromatic carbocycles. The van der Waals surface area contributed by atoms with E-state index in [4.69, 9.17) is 32.4 Å². The summed E-state index contributed by atoms with van der Waals surface area (Å²) in [5, 5.41) is 13.5. The third-order valence-corrected chi connectivity index (χ3v) is 7.15. The van der Waals surface area contributed by atoms with Gasteiger partial charge in [0.1, 0.15) is 22.4 Å². The molecule has 2 aliphatic rings. The summed E-state index contributed by atoms with van der Waals surface area (Å²) in [4.78, 5) is 16.8. The number of carbonyl (C=O) groups is 1. The first kappa shape index (κ1) is 23.6.